The highest BCUT2D eigenvalue weighted by atomic mass is 79.9. The lowest BCUT2D eigenvalue weighted by Gasteiger charge is -2.44. The molecule has 9 aromatic rings. The number of ketones is 2. The van der Waals surface area contributed by atoms with E-state index in [-0.39, 0.29) is 46.7 Å². The van der Waals surface area contributed by atoms with E-state index in [1.54, 1.807) is 79.6 Å². The van der Waals surface area contributed by atoms with Crippen molar-refractivity contribution in [2.45, 2.75) is 24.2 Å². The van der Waals surface area contributed by atoms with E-state index in [0.29, 0.717) is 76.3 Å². The molecule has 6 aromatic carbocycles. The van der Waals surface area contributed by atoms with E-state index in [9.17, 15) is 14.7 Å². The maximum Gasteiger partial charge on any atom is 0.176 e. The van der Waals surface area contributed by atoms with Gasteiger partial charge in [0.25, 0.3) is 0 Å². The molecule has 3 saturated heterocycles. The molecule has 1 unspecified atom stereocenters. The van der Waals surface area contributed by atoms with Gasteiger partial charge in [-0.3, -0.25) is 34.3 Å². The number of rotatable bonds is 14. The van der Waals surface area contributed by atoms with Gasteiger partial charge in [0.1, 0.15) is 0 Å². The number of alkyl halides is 1. The van der Waals surface area contributed by atoms with Crippen LogP contribution in [0, 0.1) is 0 Å². The Morgan fingerprint density at radius 3 is 1.23 bits per heavy atom. The second-order valence-corrected chi connectivity index (χ2v) is 25.9. The highest BCUT2D eigenvalue weighted by Gasteiger charge is 2.33. The van der Waals surface area contributed by atoms with Crippen molar-refractivity contribution in [3.8, 4) is 0 Å². The third-order valence-corrected chi connectivity index (χ3v) is 18.5. The van der Waals surface area contributed by atoms with Crippen LogP contribution in [0.1, 0.15) is 67.2 Å². The highest BCUT2D eigenvalue weighted by Crippen LogP contribution is 2.40. The van der Waals surface area contributed by atoms with Crippen LogP contribution in [0.25, 0.3) is 0 Å². The van der Waals surface area contributed by atoms with Crippen molar-refractivity contribution in [1.82, 2.24) is 30.1 Å². The van der Waals surface area contributed by atoms with Crippen LogP contribution in [0.3, 0.4) is 0 Å². The molecule has 23 heteroatoms. The first-order chi connectivity index (χ1) is 44.0. The number of nitrogens with zero attached hydrogens (tertiary/aromatic N) is 8. The SMILES string of the molecule is Br.Clc1ccc([C@@H]2CNCCN2c2ccc(Cl)cc2Cl)cc1.O=C(CBr)c1ccncc1.O=C(CN1CCN(c2ccc(Cl)cc2Cl)[C@H](c2ccc(Cl)cc2)C1)c1ccncc1.OC(CN1CCN(c2ccc(Cl)cc2Cl)[C@H](c2ccc(Cl)cc2)C1)c1ccncc1. The molecule has 0 bridgehead atoms. The number of aliphatic hydroxyl groups is 1. The number of aliphatic hydroxyl groups excluding tert-OH is 1. The number of β-amino-alcohol motifs (C(OH)–C–C–N with tert-alkyl or cyclic N) is 1. The highest BCUT2D eigenvalue weighted by molar-refractivity contribution is 9.09. The summed E-state index contributed by atoms with van der Waals surface area (Å²) < 4.78 is 0. The summed E-state index contributed by atoms with van der Waals surface area (Å²) in [4.78, 5) is 46.8. The molecule has 0 spiro atoms. The van der Waals surface area contributed by atoms with Gasteiger partial charge in [0, 0.05) is 144 Å². The van der Waals surface area contributed by atoms with Crippen molar-refractivity contribution in [3.05, 3.63) is 280 Å². The first-order valence-electron chi connectivity index (χ1n) is 29.1. The van der Waals surface area contributed by atoms with Crippen LogP contribution in [0.4, 0.5) is 17.1 Å². The second-order valence-electron chi connectivity index (χ2n) is 21.5. The molecule has 12 nitrogen and oxygen atoms in total. The monoisotopic (exact) mass is 1540 g/mol. The number of halogens is 11. The average Bonchev–Trinajstić information content (AvgIpc) is 0.822. The number of Topliss-reactive ketones (excluding diaryl/α,β-unsaturated/α-hetero) is 2. The number of hydrogen-bond acceptors (Lipinski definition) is 12. The Balaban J connectivity index is 0.000000166. The lowest BCUT2D eigenvalue weighted by molar-refractivity contribution is 0.0913. The van der Waals surface area contributed by atoms with E-state index in [2.05, 4.69) is 72.8 Å². The summed E-state index contributed by atoms with van der Waals surface area (Å²) in [5.41, 5.74) is 8.64. The number of benzene rings is 6. The van der Waals surface area contributed by atoms with Crippen LogP contribution in [-0.2, 0) is 0 Å². The molecule has 6 heterocycles. The van der Waals surface area contributed by atoms with Crippen LogP contribution in [0.2, 0.25) is 45.2 Å². The molecule has 3 aliphatic heterocycles. The molecule has 2 N–H and O–H groups in total. The molecule has 3 aromatic heterocycles. The van der Waals surface area contributed by atoms with Crippen LogP contribution < -0.4 is 20.0 Å². The summed E-state index contributed by atoms with van der Waals surface area (Å²) in [6.45, 7) is 8.13. The fourth-order valence-electron chi connectivity index (χ4n) is 11.0. The van der Waals surface area contributed by atoms with Crippen molar-refractivity contribution in [2.24, 2.45) is 0 Å². The summed E-state index contributed by atoms with van der Waals surface area (Å²) in [7, 11) is 0. The summed E-state index contributed by atoms with van der Waals surface area (Å²) >= 11 is 58.9. The van der Waals surface area contributed by atoms with Crippen molar-refractivity contribution >= 4 is 166 Å². The first-order valence-corrected chi connectivity index (χ1v) is 33.6. The standard InChI is InChI=1S/C23H22Cl3N3O.C23H20Cl3N3O.C16H15Cl3N2.C7H6BrNO.BrH/c2*24-18-3-1-16(2-4-18)22-14-28(15-23(30)17-7-9-27-10-8-17)11-12-29(22)21-6-5-19(25)13-20(21)26;17-12-3-1-11(2-4-12)16-10-20-7-8-21(16)15-6-5-13(18)9-14(15)19;8-5-7(10)6-1-3-9-4-2-6;/h1-10,13,22-23,30H,11-12,14-15H2;1-10,13,22H,11-12,14-15H2;1-6,9,16,20H,7-8,10H2;1-4H,5H2;1H/t22-,23?;22-;16-;;/m000../s1. The molecule has 0 saturated carbocycles. The second kappa shape index (κ2) is 36.1. The van der Waals surface area contributed by atoms with Gasteiger partial charge in [0.2, 0.25) is 0 Å². The first kappa shape index (κ1) is 72.7. The number of aromatic nitrogens is 3. The topological polar surface area (TPSA) is 121 Å². The van der Waals surface area contributed by atoms with E-state index >= 15 is 0 Å². The lowest BCUT2D eigenvalue weighted by Crippen LogP contribution is -2.50. The minimum absolute atomic E-state index is 0. The molecule has 92 heavy (non-hydrogen) atoms. The maximum absolute atomic E-state index is 12.7. The summed E-state index contributed by atoms with van der Waals surface area (Å²) in [5.74, 6) is 0.174. The summed E-state index contributed by atoms with van der Waals surface area (Å²) in [6, 6.07) is 51.5. The molecule has 4 atom stereocenters. The molecule has 0 radical (unpaired) electrons. The number of hydrogen-bond donors (Lipinski definition) is 2. The lowest BCUT2D eigenvalue weighted by atomic mass is 10.0. The van der Waals surface area contributed by atoms with E-state index in [0.717, 1.165) is 91.1 Å². The van der Waals surface area contributed by atoms with E-state index in [1.165, 1.54) is 5.56 Å². The molecule has 3 fully saturated rings. The van der Waals surface area contributed by atoms with Gasteiger partial charge in [0.15, 0.2) is 11.6 Å². The molecule has 0 aliphatic carbocycles. The zero-order valence-corrected chi connectivity index (χ0v) is 59.5. The Morgan fingerprint density at radius 1 is 0.457 bits per heavy atom. The van der Waals surface area contributed by atoms with Gasteiger partial charge in [-0.1, -0.05) is 157 Å². The predicted octanol–water partition coefficient (Wildman–Crippen LogP) is 18.5. The van der Waals surface area contributed by atoms with Gasteiger partial charge < -0.3 is 25.1 Å². The summed E-state index contributed by atoms with van der Waals surface area (Å²) in [5, 5.41) is 20.4. The predicted molar refractivity (Wildman–Crippen MR) is 390 cm³/mol. The number of carbonyl (C=O) groups is 2. The fourth-order valence-corrected chi connectivity index (χ4v) is 13.3. The van der Waals surface area contributed by atoms with E-state index < -0.39 is 6.10 Å². The molecular weight excluding hydrogens is 1480 g/mol. The number of anilines is 3. The quantitative estimate of drug-likeness (QED) is 0.0796. The normalized spacial score (nSPS) is 16.9. The Hall–Kier alpha value is -5.08. The molecule has 0 amide bonds. The molecule has 12 rings (SSSR count). The maximum atomic E-state index is 12.7. The van der Waals surface area contributed by atoms with E-state index in [4.69, 9.17) is 104 Å². The third-order valence-electron chi connectivity index (χ3n) is 15.6. The van der Waals surface area contributed by atoms with Gasteiger partial charge in [-0.25, -0.2) is 0 Å². The van der Waals surface area contributed by atoms with Gasteiger partial charge in [-0.05, 0) is 150 Å². The number of piperazine rings is 3. The van der Waals surface area contributed by atoms with Crippen LogP contribution in [0.15, 0.2) is 201 Å². The minimum Gasteiger partial charge on any atom is -0.387 e. The van der Waals surface area contributed by atoms with Gasteiger partial charge in [0.05, 0.1) is 68.2 Å². The number of carbonyl (C=O) groups excluding carboxylic acids is 2. The minimum atomic E-state index is -0.565. The van der Waals surface area contributed by atoms with Gasteiger partial charge in [-0.15, -0.1) is 17.0 Å². The third kappa shape index (κ3) is 20.5. The van der Waals surface area contributed by atoms with Gasteiger partial charge in [-0.2, -0.15) is 0 Å². The smallest absolute Gasteiger partial charge is 0.176 e. The Morgan fingerprint density at radius 2 is 0.815 bits per heavy atom. The van der Waals surface area contributed by atoms with Crippen molar-refractivity contribution < 1.29 is 14.7 Å². The fraction of sp³-hybridized carbons (Fsp3) is 0.232. The molecule has 3 aliphatic rings. The van der Waals surface area contributed by atoms with Crippen molar-refractivity contribution in [1.29, 1.82) is 0 Å². The largest absolute Gasteiger partial charge is 0.387 e. The van der Waals surface area contributed by atoms with Gasteiger partial charge >= 0.3 is 0 Å². The Bertz CT molecular complexity index is 3810. The van der Waals surface area contributed by atoms with Crippen LogP contribution in [0.5, 0.6) is 0 Å². The summed E-state index contributed by atoms with van der Waals surface area (Å²) in [6.07, 6.45) is 9.34. The zero-order chi connectivity index (χ0) is 64.4. The zero-order valence-electron chi connectivity index (χ0n) is 49.4. The van der Waals surface area contributed by atoms with Crippen molar-refractivity contribution in [2.75, 3.05) is 92.0 Å². The van der Waals surface area contributed by atoms with E-state index in [1.807, 2.05) is 109 Å². The molecular formula is C69H64Br2Cl9N9O3. The van der Waals surface area contributed by atoms with Crippen LogP contribution >= 0.6 is 137 Å². The number of nitrogens with one attached hydrogen (secondary N) is 1. The van der Waals surface area contributed by atoms with Crippen LogP contribution in [-0.4, -0.2) is 119 Å². The number of pyridine rings is 3. The molecule has 480 valence electrons. The van der Waals surface area contributed by atoms with Crippen molar-refractivity contribution in [3.63, 3.8) is 0 Å². The average molecular weight is 1550 g/mol. The Labute approximate surface area is 601 Å². The Kier molecular flexibility index (Phi) is 28.6.